The number of alkyl halides is 3. The molecule has 172 valence electrons. The van der Waals surface area contributed by atoms with Crippen LogP contribution in [-0.2, 0) is 10.3 Å². The van der Waals surface area contributed by atoms with Crippen molar-refractivity contribution in [2.75, 3.05) is 44.3 Å². The van der Waals surface area contributed by atoms with Crippen LogP contribution < -0.4 is 4.90 Å². The zero-order chi connectivity index (χ0) is 23.0. The van der Waals surface area contributed by atoms with Gasteiger partial charge in [-0.2, -0.15) is 13.2 Å². The van der Waals surface area contributed by atoms with Crippen LogP contribution in [0.15, 0.2) is 39.9 Å². The Hall–Kier alpha value is -1.70. The fourth-order valence-electron chi connectivity index (χ4n) is 3.54. The van der Waals surface area contributed by atoms with Gasteiger partial charge in [-0.1, -0.05) is 24.0 Å². The minimum Gasteiger partial charge on any atom is -0.378 e. The van der Waals surface area contributed by atoms with Gasteiger partial charge in [0.1, 0.15) is 0 Å². The smallest absolute Gasteiger partial charge is 0.378 e. The summed E-state index contributed by atoms with van der Waals surface area (Å²) in [6.45, 7) is 6.89. The van der Waals surface area contributed by atoms with Gasteiger partial charge >= 0.3 is 6.18 Å². The molecule has 0 saturated carbocycles. The first-order chi connectivity index (χ1) is 15.1. The molecule has 0 radical (unpaired) electrons. The normalized spacial score (nSPS) is 20.8. The molecule has 0 amide bonds. The van der Waals surface area contributed by atoms with Crippen LogP contribution >= 0.6 is 23.3 Å². The number of hydrogen-bond acceptors (Lipinski definition) is 6. The van der Waals surface area contributed by atoms with Crippen molar-refractivity contribution in [1.29, 1.82) is 0 Å². The summed E-state index contributed by atoms with van der Waals surface area (Å²) in [5, 5.41) is 12.2. The van der Waals surface area contributed by atoms with E-state index in [-0.39, 0.29) is 11.0 Å². The van der Waals surface area contributed by atoms with E-state index in [0.29, 0.717) is 18.8 Å². The molecule has 2 aromatic rings. The Labute approximate surface area is 194 Å². The maximum atomic E-state index is 13.4. The standard InChI is InChI=1S/C23H25F3N2O2S2/c1-21(15-30-16-21)8-7-17-14-18(22(2,29)23(24,25)26)5-6-19(17)27-9-11-28(12-10-27)32-20-4-3-13-31-20/h3-6,13-14,29H,9-12,15-16H2,1-2H3. The van der Waals surface area contributed by atoms with Crippen molar-refractivity contribution in [1.82, 2.24) is 4.31 Å². The molecule has 2 aliphatic heterocycles. The topological polar surface area (TPSA) is 35.9 Å². The summed E-state index contributed by atoms with van der Waals surface area (Å²) in [4.78, 5) is 2.15. The summed E-state index contributed by atoms with van der Waals surface area (Å²) in [6.07, 6.45) is -4.78. The van der Waals surface area contributed by atoms with E-state index in [0.717, 1.165) is 38.8 Å². The number of hydrogen-bond donors (Lipinski definition) is 1. The monoisotopic (exact) mass is 482 g/mol. The molecule has 0 bridgehead atoms. The highest BCUT2D eigenvalue weighted by Crippen LogP contribution is 2.40. The van der Waals surface area contributed by atoms with Crippen LogP contribution in [-0.4, -0.2) is 55.0 Å². The lowest BCUT2D eigenvalue weighted by Gasteiger charge is -2.36. The van der Waals surface area contributed by atoms with Crippen molar-refractivity contribution in [3.05, 3.63) is 46.8 Å². The van der Waals surface area contributed by atoms with E-state index < -0.39 is 11.8 Å². The molecular formula is C23H25F3N2O2S2. The lowest BCUT2D eigenvalue weighted by Crippen LogP contribution is -2.44. The van der Waals surface area contributed by atoms with Gasteiger partial charge in [-0.25, -0.2) is 4.31 Å². The van der Waals surface area contributed by atoms with Gasteiger partial charge in [0.2, 0.25) is 0 Å². The first-order valence-electron chi connectivity index (χ1n) is 10.3. The Kier molecular flexibility index (Phi) is 6.54. The number of ether oxygens (including phenoxy) is 1. The van der Waals surface area contributed by atoms with E-state index >= 15 is 0 Å². The summed E-state index contributed by atoms with van der Waals surface area (Å²) in [7, 11) is 0. The first-order valence-corrected chi connectivity index (χ1v) is 12.0. The quantitative estimate of drug-likeness (QED) is 0.504. The minimum atomic E-state index is -4.78. The molecule has 4 nitrogen and oxygen atoms in total. The van der Waals surface area contributed by atoms with Gasteiger partial charge in [0.25, 0.3) is 0 Å². The van der Waals surface area contributed by atoms with Gasteiger partial charge in [0, 0.05) is 31.7 Å². The molecule has 2 aliphatic rings. The molecule has 1 aromatic carbocycles. The Morgan fingerprint density at radius 1 is 1.16 bits per heavy atom. The molecular weight excluding hydrogens is 457 g/mol. The van der Waals surface area contributed by atoms with Crippen molar-refractivity contribution in [3.63, 3.8) is 0 Å². The van der Waals surface area contributed by atoms with Crippen molar-refractivity contribution < 1.29 is 23.0 Å². The Morgan fingerprint density at radius 3 is 2.44 bits per heavy atom. The molecule has 1 aromatic heterocycles. The molecule has 0 aliphatic carbocycles. The van der Waals surface area contributed by atoms with Crippen LogP contribution in [0.3, 0.4) is 0 Å². The highest BCUT2D eigenvalue weighted by atomic mass is 32.2. The van der Waals surface area contributed by atoms with E-state index in [1.807, 2.05) is 13.0 Å². The molecule has 1 N–H and O–H groups in total. The number of rotatable bonds is 4. The maximum absolute atomic E-state index is 13.4. The predicted molar refractivity (Wildman–Crippen MR) is 122 cm³/mol. The number of aliphatic hydroxyl groups is 1. The van der Waals surface area contributed by atoms with E-state index in [1.165, 1.54) is 16.3 Å². The number of halogens is 3. The third kappa shape index (κ3) is 4.95. The van der Waals surface area contributed by atoms with E-state index in [9.17, 15) is 18.3 Å². The molecule has 1 unspecified atom stereocenters. The largest absolute Gasteiger partial charge is 0.421 e. The van der Waals surface area contributed by atoms with Gasteiger partial charge < -0.3 is 14.7 Å². The molecule has 2 fully saturated rings. The highest BCUT2D eigenvalue weighted by Gasteiger charge is 2.51. The molecule has 0 spiro atoms. The molecule has 2 saturated heterocycles. The second kappa shape index (κ2) is 8.92. The van der Waals surface area contributed by atoms with E-state index in [1.54, 1.807) is 29.4 Å². The van der Waals surface area contributed by atoms with Gasteiger partial charge in [0.05, 0.1) is 28.5 Å². The van der Waals surface area contributed by atoms with Crippen molar-refractivity contribution in [3.8, 4) is 11.8 Å². The van der Waals surface area contributed by atoms with Crippen LogP contribution in [0.25, 0.3) is 0 Å². The zero-order valence-corrected chi connectivity index (χ0v) is 19.5. The predicted octanol–water partition coefficient (Wildman–Crippen LogP) is 4.74. The lowest BCUT2D eigenvalue weighted by molar-refractivity contribution is -0.258. The fourth-order valence-corrected chi connectivity index (χ4v) is 5.38. The number of piperazine rings is 1. The minimum absolute atomic E-state index is 0.208. The SMILES string of the molecule is CC1(C#Cc2cc(C(C)(O)C(F)(F)F)ccc2N2CCN(Sc3cccs3)CC2)COC1. The highest BCUT2D eigenvalue weighted by molar-refractivity contribution is 7.98. The van der Waals surface area contributed by atoms with E-state index in [4.69, 9.17) is 4.74 Å². The van der Waals surface area contributed by atoms with Crippen molar-refractivity contribution >= 4 is 29.0 Å². The van der Waals surface area contributed by atoms with Crippen LogP contribution in [0.2, 0.25) is 0 Å². The van der Waals surface area contributed by atoms with Gasteiger partial charge in [-0.05, 0) is 54.9 Å². The molecule has 4 rings (SSSR count). The molecule has 1 atom stereocenters. The summed E-state index contributed by atoms with van der Waals surface area (Å²) in [5.74, 6) is 6.27. The van der Waals surface area contributed by atoms with Crippen LogP contribution in [0.5, 0.6) is 0 Å². The van der Waals surface area contributed by atoms with Crippen LogP contribution in [0.1, 0.15) is 25.0 Å². The summed E-state index contributed by atoms with van der Waals surface area (Å²) < 4.78 is 49.0. The molecule has 3 heterocycles. The fraction of sp³-hybridized carbons (Fsp3) is 0.478. The maximum Gasteiger partial charge on any atom is 0.421 e. The number of thiophene rings is 1. The Balaban J connectivity index is 1.58. The molecule has 32 heavy (non-hydrogen) atoms. The Bertz CT molecular complexity index is 1000. The average molecular weight is 483 g/mol. The average Bonchev–Trinajstić information content (AvgIpc) is 3.23. The third-order valence-corrected chi connectivity index (χ3v) is 7.86. The zero-order valence-electron chi connectivity index (χ0n) is 17.9. The third-order valence-electron chi connectivity index (χ3n) is 5.74. The van der Waals surface area contributed by atoms with Gasteiger partial charge in [-0.3, -0.25) is 0 Å². The second-order valence-corrected chi connectivity index (χ2v) is 10.9. The number of anilines is 1. The van der Waals surface area contributed by atoms with Gasteiger partial charge in [0.15, 0.2) is 5.60 Å². The van der Waals surface area contributed by atoms with Crippen LogP contribution in [0, 0.1) is 17.3 Å². The van der Waals surface area contributed by atoms with Gasteiger partial charge in [-0.15, -0.1) is 11.3 Å². The van der Waals surface area contributed by atoms with Crippen LogP contribution in [0.4, 0.5) is 18.9 Å². The first kappa shape index (κ1) is 23.5. The van der Waals surface area contributed by atoms with E-state index in [2.05, 4.69) is 32.5 Å². The second-order valence-electron chi connectivity index (χ2n) is 8.54. The summed E-state index contributed by atoms with van der Waals surface area (Å²) >= 11 is 3.43. The number of benzene rings is 1. The summed E-state index contributed by atoms with van der Waals surface area (Å²) in [5.41, 5.74) is -2.15. The summed E-state index contributed by atoms with van der Waals surface area (Å²) in [6, 6.07) is 8.51. The van der Waals surface area contributed by atoms with Crippen molar-refractivity contribution in [2.24, 2.45) is 5.41 Å². The molecule has 9 heteroatoms. The Morgan fingerprint density at radius 2 is 1.88 bits per heavy atom. The lowest BCUT2D eigenvalue weighted by atomic mass is 9.88. The van der Waals surface area contributed by atoms with Crippen molar-refractivity contribution in [2.45, 2.75) is 29.8 Å². The number of nitrogens with zero attached hydrogens (tertiary/aromatic N) is 2.